The maximum absolute atomic E-state index is 12.6. The number of hydrogen-bond acceptors (Lipinski definition) is 13. The Bertz CT molecular complexity index is 1060. The van der Waals surface area contributed by atoms with E-state index in [4.69, 9.17) is 23.7 Å². The first-order valence-corrected chi connectivity index (χ1v) is 10.0. The average Bonchev–Trinajstić information content (AvgIpc) is 2.68. The Hall–Kier alpha value is -3.75. The van der Waals surface area contributed by atoms with Crippen LogP contribution in [0.1, 0.15) is 33.9 Å². The molecule has 1 saturated heterocycles. The van der Waals surface area contributed by atoms with E-state index in [1.54, 1.807) is 0 Å². The van der Waals surface area contributed by atoms with Crippen LogP contribution in [0.5, 0.6) is 0 Å². The van der Waals surface area contributed by atoms with E-state index < -0.39 is 72.4 Å². The van der Waals surface area contributed by atoms with Crippen molar-refractivity contribution in [2.75, 3.05) is 25.6 Å². The van der Waals surface area contributed by atoms with Gasteiger partial charge in [-0.3, -0.25) is 29.0 Å². The summed E-state index contributed by atoms with van der Waals surface area (Å²) in [5.41, 5.74) is -1.83. The molecule has 0 spiro atoms. The van der Waals surface area contributed by atoms with Crippen LogP contribution in [-0.2, 0) is 42.9 Å². The third kappa shape index (κ3) is 6.40. The molecule has 1 aliphatic heterocycles. The standard InChI is InChI=1S/C19H26N4O11/c1-8(24)30-7-12-13(31-9(2)25)14(32-10(3)26)15(33-11(4)27)18(34-12)23-19(29)20-17(28)16(21-23)22(5)6/h12-15,18H,7H2,1-6H3,(H,20,28,29)/t12-,13-,14-,15-,18-/m1/s1. The Morgan fingerprint density at radius 2 is 1.44 bits per heavy atom. The second-order valence-corrected chi connectivity index (χ2v) is 7.51. The summed E-state index contributed by atoms with van der Waals surface area (Å²) in [6.07, 6.45) is -7.30. The molecule has 188 valence electrons. The third-order valence-electron chi connectivity index (χ3n) is 4.47. The van der Waals surface area contributed by atoms with Gasteiger partial charge in [0, 0.05) is 41.8 Å². The summed E-state index contributed by atoms with van der Waals surface area (Å²) in [4.78, 5) is 75.1. The largest absolute Gasteiger partial charge is 0.463 e. The third-order valence-corrected chi connectivity index (χ3v) is 4.47. The number of rotatable bonds is 7. The molecule has 34 heavy (non-hydrogen) atoms. The first-order valence-electron chi connectivity index (χ1n) is 10.0. The summed E-state index contributed by atoms with van der Waals surface area (Å²) < 4.78 is 27.4. The minimum atomic E-state index is -1.58. The Balaban J connectivity index is 2.70. The van der Waals surface area contributed by atoms with Crippen LogP contribution in [-0.4, -0.2) is 83.8 Å². The van der Waals surface area contributed by atoms with Gasteiger partial charge in [-0.25, -0.2) is 4.79 Å². The molecule has 1 fully saturated rings. The molecule has 1 aromatic rings. The molecule has 0 unspecified atom stereocenters. The lowest BCUT2D eigenvalue weighted by Crippen LogP contribution is -2.62. The summed E-state index contributed by atoms with van der Waals surface area (Å²) in [6, 6.07) is 0. The SMILES string of the molecule is CC(=O)OC[C@H]1O[C@@H](n2nc(N(C)C)c(=O)[nH]c2=O)[C@H](OC(C)=O)[C@H](OC(C)=O)[C@@H]1OC(C)=O. The van der Waals surface area contributed by atoms with Crippen molar-refractivity contribution < 1.29 is 42.9 Å². The molecular weight excluding hydrogens is 460 g/mol. The highest BCUT2D eigenvalue weighted by Gasteiger charge is 2.53. The van der Waals surface area contributed by atoms with E-state index in [0.29, 0.717) is 4.68 Å². The second kappa shape index (κ2) is 10.9. The van der Waals surface area contributed by atoms with E-state index in [9.17, 15) is 28.8 Å². The van der Waals surface area contributed by atoms with Crippen LogP contribution >= 0.6 is 0 Å². The van der Waals surface area contributed by atoms with E-state index in [1.165, 1.54) is 19.0 Å². The minimum Gasteiger partial charge on any atom is -0.463 e. The van der Waals surface area contributed by atoms with Gasteiger partial charge in [-0.05, 0) is 0 Å². The molecule has 1 N–H and O–H groups in total. The van der Waals surface area contributed by atoms with E-state index in [1.807, 2.05) is 0 Å². The van der Waals surface area contributed by atoms with E-state index in [2.05, 4.69) is 10.1 Å². The number of carbonyl (C=O) groups excluding carboxylic acids is 4. The van der Waals surface area contributed by atoms with Crippen LogP contribution < -0.4 is 16.1 Å². The first-order chi connectivity index (χ1) is 15.8. The van der Waals surface area contributed by atoms with Gasteiger partial charge < -0.3 is 28.6 Å². The van der Waals surface area contributed by atoms with Crippen LogP contribution in [0.3, 0.4) is 0 Å². The molecule has 0 aliphatic carbocycles. The van der Waals surface area contributed by atoms with Crippen molar-refractivity contribution in [1.29, 1.82) is 0 Å². The number of aromatic nitrogens is 3. The normalized spacial score (nSPS) is 24.0. The van der Waals surface area contributed by atoms with Crippen molar-refractivity contribution in [3.05, 3.63) is 20.8 Å². The molecule has 15 nitrogen and oxygen atoms in total. The summed E-state index contributed by atoms with van der Waals surface area (Å²) in [5.74, 6) is -3.36. The fraction of sp³-hybridized carbons (Fsp3) is 0.632. The second-order valence-electron chi connectivity index (χ2n) is 7.51. The zero-order valence-corrected chi connectivity index (χ0v) is 19.4. The molecule has 0 aromatic carbocycles. The highest BCUT2D eigenvalue weighted by Crippen LogP contribution is 2.33. The first kappa shape index (κ1) is 26.5. The molecule has 2 rings (SSSR count). The number of H-pyrrole nitrogens is 1. The van der Waals surface area contributed by atoms with Gasteiger partial charge in [-0.2, -0.15) is 4.68 Å². The average molecular weight is 486 g/mol. The molecule has 1 aliphatic rings. The summed E-state index contributed by atoms with van der Waals surface area (Å²) in [6.45, 7) is 3.85. The van der Waals surface area contributed by atoms with Gasteiger partial charge in [0.25, 0.3) is 5.56 Å². The fourth-order valence-electron chi connectivity index (χ4n) is 3.27. The molecule has 0 radical (unpaired) electrons. The molecule has 0 saturated carbocycles. The predicted octanol–water partition coefficient (Wildman–Crippen LogP) is -1.75. The zero-order valence-electron chi connectivity index (χ0n) is 19.4. The maximum atomic E-state index is 12.6. The summed E-state index contributed by atoms with van der Waals surface area (Å²) >= 11 is 0. The molecular formula is C19H26N4O11. The van der Waals surface area contributed by atoms with Crippen LogP contribution in [0.2, 0.25) is 0 Å². The monoisotopic (exact) mass is 486 g/mol. The quantitative estimate of drug-likeness (QED) is 0.338. The molecule has 2 heterocycles. The number of esters is 4. The zero-order chi connectivity index (χ0) is 25.7. The Kier molecular flexibility index (Phi) is 8.51. The number of aromatic amines is 1. The number of carbonyl (C=O) groups is 4. The molecule has 0 amide bonds. The smallest absolute Gasteiger partial charge is 0.347 e. The number of nitrogens with one attached hydrogen (secondary N) is 1. The van der Waals surface area contributed by atoms with Gasteiger partial charge in [0.2, 0.25) is 5.82 Å². The Morgan fingerprint density at radius 3 is 1.94 bits per heavy atom. The summed E-state index contributed by atoms with van der Waals surface area (Å²) in [5, 5.41) is 4.00. The van der Waals surface area contributed by atoms with Gasteiger partial charge in [-0.15, -0.1) is 5.10 Å². The highest BCUT2D eigenvalue weighted by molar-refractivity contribution is 5.68. The van der Waals surface area contributed by atoms with Crippen molar-refractivity contribution in [2.24, 2.45) is 0 Å². The lowest BCUT2D eigenvalue weighted by atomic mass is 9.97. The molecule has 5 atom stereocenters. The van der Waals surface area contributed by atoms with Crippen molar-refractivity contribution in [3.8, 4) is 0 Å². The van der Waals surface area contributed by atoms with Gasteiger partial charge in [-0.1, -0.05) is 0 Å². The number of nitrogens with zero attached hydrogens (tertiary/aromatic N) is 3. The van der Waals surface area contributed by atoms with Gasteiger partial charge in [0.1, 0.15) is 12.7 Å². The number of hydrogen-bond donors (Lipinski definition) is 1. The molecule has 1 aromatic heterocycles. The Morgan fingerprint density at radius 1 is 0.912 bits per heavy atom. The van der Waals surface area contributed by atoms with Crippen molar-refractivity contribution >= 4 is 29.7 Å². The van der Waals surface area contributed by atoms with E-state index in [0.717, 1.165) is 27.7 Å². The number of anilines is 1. The van der Waals surface area contributed by atoms with Crippen LogP contribution in [0.4, 0.5) is 5.82 Å². The number of ether oxygens (including phenoxy) is 5. The van der Waals surface area contributed by atoms with Crippen LogP contribution in [0.25, 0.3) is 0 Å². The van der Waals surface area contributed by atoms with E-state index >= 15 is 0 Å². The fourth-order valence-corrected chi connectivity index (χ4v) is 3.27. The lowest BCUT2D eigenvalue weighted by molar-refractivity contribution is -0.271. The summed E-state index contributed by atoms with van der Waals surface area (Å²) in [7, 11) is 3.00. The van der Waals surface area contributed by atoms with E-state index in [-0.39, 0.29) is 5.82 Å². The van der Waals surface area contributed by atoms with Crippen molar-refractivity contribution in [2.45, 2.75) is 58.3 Å². The van der Waals surface area contributed by atoms with Crippen LogP contribution in [0.15, 0.2) is 9.59 Å². The van der Waals surface area contributed by atoms with Crippen LogP contribution in [0, 0.1) is 0 Å². The van der Waals surface area contributed by atoms with Gasteiger partial charge in [0.15, 0.2) is 24.5 Å². The molecule has 0 bridgehead atoms. The van der Waals surface area contributed by atoms with Crippen molar-refractivity contribution in [1.82, 2.24) is 14.8 Å². The van der Waals surface area contributed by atoms with Gasteiger partial charge >= 0.3 is 29.6 Å². The predicted molar refractivity (Wildman–Crippen MR) is 111 cm³/mol. The Labute approximate surface area is 192 Å². The maximum Gasteiger partial charge on any atom is 0.347 e. The van der Waals surface area contributed by atoms with Crippen molar-refractivity contribution in [3.63, 3.8) is 0 Å². The lowest BCUT2D eigenvalue weighted by Gasteiger charge is -2.44. The topological polar surface area (TPSA) is 185 Å². The van der Waals surface area contributed by atoms with Gasteiger partial charge in [0.05, 0.1) is 0 Å². The highest BCUT2D eigenvalue weighted by atomic mass is 16.7. The molecule has 15 heteroatoms. The minimum absolute atomic E-state index is 0.188.